The van der Waals surface area contributed by atoms with Crippen LogP contribution in [0.15, 0.2) is 30.6 Å². The summed E-state index contributed by atoms with van der Waals surface area (Å²) in [6.45, 7) is 2.31. The molecule has 16 heavy (non-hydrogen) atoms. The van der Waals surface area contributed by atoms with Crippen LogP contribution in [-0.2, 0) is 6.54 Å². The van der Waals surface area contributed by atoms with Gasteiger partial charge in [0.25, 0.3) is 0 Å². The first-order valence-electron chi connectivity index (χ1n) is 4.84. The fraction of sp³-hybridized carbons (Fsp3) is 0.182. The van der Waals surface area contributed by atoms with E-state index in [4.69, 9.17) is 5.11 Å². The van der Waals surface area contributed by atoms with Crippen LogP contribution >= 0.6 is 0 Å². The first kappa shape index (κ1) is 10.4. The smallest absolute Gasteiger partial charge is 0.354 e. The van der Waals surface area contributed by atoms with E-state index in [1.807, 2.05) is 19.1 Å². The SMILES string of the molecule is Cc1cccnc1Cn1nccc1C(=O)O. The van der Waals surface area contributed by atoms with Gasteiger partial charge in [-0.25, -0.2) is 4.79 Å². The number of carbonyl (C=O) groups is 1. The number of rotatable bonds is 3. The van der Waals surface area contributed by atoms with E-state index in [0.29, 0.717) is 6.54 Å². The summed E-state index contributed by atoms with van der Waals surface area (Å²) in [7, 11) is 0. The monoisotopic (exact) mass is 217 g/mol. The highest BCUT2D eigenvalue weighted by atomic mass is 16.4. The zero-order chi connectivity index (χ0) is 11.5. The van der Waals surface area contributed by atoms with E-state index in [-0.39, 0.29) is 5.69 Å². The van der Waals surface area contributed by atoms with E-state index >= 15 is 0 Å². The molecule has 0 saturated carbocycles. The molecule has 2 rings (SSSR count). The molecule has 82 valence electrons. The van der Waals surface area contributed by atoms with E-state index in [0.717, 1.165) is 11.3 Å². The molecular weight excluding hydrogens is 206 g/mol. The second-order valence-electron chi connectivity index (χ2n) is 3.45. The number of aromatic carboxylic acids is 1. The maximum atomic E-state index is 10.9. The number of hydrogen-bond acceptors (Lipinski definition) is 3. The van der Waals surface area contributed by atoms with Gasteiger partial charge in [0.15, 0.2) is 0 Å². The molecule has 0 spiro atoms. The van der Waals surface area contributed by atoms with Crippen LogP contribution in [0.2, 0.25) is 0 Å². The summed E-state index contributed by atoms with van der Waals surface area (Å²) < 4.78 is 1.43. The molecule has 0 fully saturated rings. The lowest BCUT2D eigenvalue weighted by Gasteiger charge is -2.06. The van der Waals surface area contributed by atoms with Crippen molar-refractivity contribution in [3.05, 3.63) is 47.5 Å². The molecule has 0 aliphatic heterocycles. The third-order valence-electron chi connectivity index (χ3n) is 2.35. The Labute approximate surface area is 92.4 Å². The molecule has 0 radical (unpaired) electrons. The molecule has 5 nitrogen and oxygen atoms in total. The largest absolute Gasteiger partial charge is 0.477 e. The van der Waals surface area contributed by atoms with Crippen molar-refractivity contribution in [3.63, 3.8) is 0 Å². The third-order valence-corrected chi connectivity index (χ3v) is 2.35. The quantitative estimate of drug-likeness (QED) is 0.842. The number of aryl methyl sites for hydroxylation is 1. The van der Waals surface area contributed by atoms with Crippen molar-refractivity contribution >= 4 is 5.97 Å². The van der Waals surface area contributed by atoms with Crippen LogP contribution in [0.3, 0.4) is 0 Å². The molecule has 5 heteroatoms. The summed E-state index contributed by atoms with van der Waals surface area (Å²) in [4.78, 5) is 15.1. The third kappa shape index (κ3) is 1.93. The molecule has 0 amide bonds. The number of nitrogens with zero attached hydrogens (tertiary/aromatic N) is 3. The zero-order valence-corrected chi connectivity index (χ0v) is 8.79. The number of pyridine rings is 1. The Bertz CT molecular complexity index is 519. The molecule has 0 aromatic carbocycles. The van der Waals surface area contributed by atoms with Crippen LogP contribution in [-0.4, -0.2) is 25.8 Å². The summed E-state index contributed by atoms with van der Waals surface area (Å²) in [5, 5.41) is 12.9. The van der Waals surface area contributed by atoms with Gasteiger partial charge >= 0.3 is 5.97 Å². The average Bonchev–Trinajstić information content (AvgIpc) is 2.69. The highest BCUT2D eigenvalue weighted by Crippen LogP contribution is 2.07. The predicted molar refractivity (Wildman–Crippen MR) is 57.3 cm³/mol. The van der Waals surface area contributed by atoms with Crippen molar-refractivity contribution in [2.24, 2.45) is 0 Å². The lowest BCUT2D eigenvalue weighted by Crippen LogP contribution is -2.12. The van der Waals surface area contributed by atoms with Crippen molar-refractivity contribution in [2.45, 2.75) is 13.5 Å². The maximum Gasteiger partial charge on any atom is 0.354 e. The minimum atomic E-state index is -0.980. The van der Waals surface area contributed by atoms with Crippen molar-refractivity contribution in [1.82, 2.24) is 14.8 Å². The summed E-state index contributed by atoms with van der Waals surface area (Å²) in [5.74, 6) is -0.980. The Morgan fingerprint density at radius 3 is 2.94 bits per heavy atom. The standard InChI is InChI=1S/C11H11N3O2/c1-8-3-2-5-12-9(8)7-14-10(11(15)16)4-6-13-14/h2-6H,7H2,1H3,(H,15,16). The van der Waals surface area contributed by atoms with Crippen LogP contribution in [0.5, 0.6) is 0 Å². The van der Waals surface area contributed by atoms with Gasteiger partial charge in [0, 0.05) is 12.4 Å². The molecule has 0 saturated heterocycles. The number of hydrogen-bond donors (Lipinski definition) is 1. The van der Waals surface area contributed by atoms with Gasteiger partial charge in [0.2, 0.25) is 0 Å². The Morgan fingerprint density at radius 1 is 1.44 bits per heavy atom. The van der Waals surface area contributed by atoms with Crippen LogP contribution in [0.25, 0.3) is 0 Å². The average molecular weight is 217 g/mol. The van der Waals surface area contributed by atoms with Crippen LogP contribution in [0, 0.1) is 6.92 Å². The van der Waals surface area contributed by atoms with Crippen LogP contribution < -0.4 is 0 Å². The van der Waals surface area contributed by atoms with Gasteiger partial charge in [-0.05, 0) is 24.6 Å². The summed E-state index contributed by atoms with van der Waals surface area (Å²) in [5.41, 5.74) is 2.02. The minimum Gasteiger partial charge on any atom is -0.477 e. The summed E-state index contributed by atoms with van der Waals surface area (Å²) in [6, 6.07) is 5.26. The van der Waals surface area contributed by atoms with Crippen molar-refractivity contribution in [3.8, 4) is 0 Å². The van der Waals surface area contributed by atoms with Crippen LogP contribution in [0.1, 0.15) is 21.7 Å². The summed E-state index contributed by atoms with van der Waals surface area (Å²) in [6.07, 6.45) is 3.16. The predicted octanol–water partition coefficient (Wildman–Crippen LogP) is 1.33. The van der Waals surface area contributed by atoms with Gasteiger partial charge in [0.1, 0.15) is 5.69 Å². The highest BCUT2D eigenvalue weighted by Gasteiger charge is 2.11. The molecule has 0 unspecified atom stereocenters. The van der Waals surface area contributed by atoms with E-state index in [9.17, 15) is 4.79 Å². The molecule has 0 bridgehead atoms. The number of carboxylic acid groups (broad SMARTS) is 1. The Hall–Kier alpha value is -2.17. The Morgan fingerprint density at radius 2 is 2.25 bits per heavy atom. The fourth-order valence-corrected chi connectivity index (χ4v) is 1.47. The first-order chi connectivity index (χ1) is 7.68. The van der Waals surface area contributed by atoms with Gasteiger partial charge in [-0.2, -0.15) is 5.10 Å². The maximum absolute atomic E-state index is 10.9. The number of aromatic nitrogens is 3. The van der Waals surface area contributed by atoms with Gasteiger partial charge in [-0.3, -0.25) is 9.67 Å². The van der Waals surface area contributed by atoms with E-state index in [1.165, 1.54) is 16.9 Å². The molecule has 2 aromatic rings. The Kier molecular flexibility index (Phi) is 2.68. The second-order valence-corrected chi connectivity index (χ2v) is 3.45. The van der Waals surface area contributed by atoms with E-state index < -0.39 is 5.97 Å². The van der Waals surface area contributed by atoms with Crippen molar-refractivity contribution in [1.29, 1.82) is 0 Å². The van der Waals surface area contributed by atoms with Gasteiger partial charge in [-0.15, -0.1) is 0 Å². The molecule has 1 N–H and O–H groups in total. The van der Waals surface area contributed by atoms with E-state index in [1.54, 1.807) is 6.20 Å². The lowest BCUT2D eigenvalue weighted by atomic mass is 10.2. The first-order valence-corrected chi connectivity index (χ1v) is 4.84. The van der Waals surface area contributed by atoms with Crippen molar-refractivity contribution in [2.75, 3.05) is 0 Å². The highest BCUT2D eigenvalue weighted by molar-refractivity contribution is 5.85. The van der Waals surface area contributed by atoms with Gasteiger partial charge in [-0.1, -0.05) is 6.07 Å². The summed E-state index contributed by atoms with van der Waals surface area (Å²) >= 11 is 0. The topological polar surface area (TPSA) is 68.0 Å². The van der Waals surface area contributed by atoms with E-state index in [2.05, 4.69) is 10.1 Å². The van der Waals surface area contributed by atoms with Gasteiger partial charge in [0.05, 0.1) is 12.2 Å². The van der Waals surface area contributed by atoms with Crippen molar-refractivity contribution < 1.29 is 9.90 Å². The lowest BCUT2D eigenvalue weighted by molar-refractivity contribution is 0.0684. The molecule has 0 atom stereocenters. The molecular formula is C11H11N3O2. The molecule has 2 heterocycles. The molecule has 2 aromatic heterocycles. The number of carboxylic acids is 1. The Balaban J connectivity index is 2.31. The second kappa shape index (κ2) is 4.14. The molecule has 0 aliphatic carbocycles. The van der Waals surface area contributed by atoms with Crippen LogP contribution in [0.4, 0.5) is 0 Å². The zero-order valence-electron chi connectivity index (χ0n) is 8.79. The normalized spacial score (nSPS) is 10.3. The fourth-order valence-electron chi connectivity index (χ4n) is 1.47. The van der Waals surface area contributed by atoms with Gasteiger partial charge < -0.3 is 5.11 Å². The minimum absolute atomic E-state index is 0.171. The molecule has 0 aliphatic rings.